The highest BCUT2D eigenvalue weighted by Crippen LogP contribution is 2.35. The van der Waals surface area contributed by atoms with Gasteiger partial charge < -0.3 is 5.32 Å². The van der Waals surface area contributed by atoms with E-state index in [9.17, 15) is 4.39 Å². The monoisotopic (exact) mass is 353 g/mol. The molecular weight excluding hydrogens is 341 g/mol. The molecular formula is C16H14BrClFN. The van der Waals surface area contributed by atoms with Crippen LogP contribution in [0.3, 0.4) is 0 Å². The minimum atomic E-state index is -0.370. The maximum atomic E-state index is 13.1. The fraction of sp³-hybridized carbons (Fsp3) is 0.250. The molecule has 0 fully saturated rings. The van der Waals surface area contributed by atoms with Gasteiger partial charge in [-0.25, -0.2) is 4.39 Å². The van der Waals surface area contributed by atoms with Gasteiger partial charge in [-0.05, 0) is 47.7 Å². The number of hydrogen-bond acceptors (Lipinski definition) is 1. The smallest absolute Gasteiger partial charge is 0.141 e. The second kappa shape index (κ2) is 5.84. The average molecular weight is 355 g/mol. The van der Waals surface area contributed by atoms with Gasteiger partial charge in [0.25, 0.3) is 0 Å². The molecule has 0 amide bonds. The van der Waals surface area contributed by atoms with Crippen molar-refractivity contribution in [2.75, 3.05) is 0 Å². The van der Waals surface area contributed by atoms with Crippen molar-refractivity contribution in [3.05, 3.63) is 68.4 Å². The molecule has 0 aromatic heterocycles. The van der Waals surface area contributed by atoms with Gasteiger partial charge in [0.05, 0.1) is 5.02 Å². The lowest BCUT2D eigenvalue weighted by molar-refractivity contribution is 0.529. The van der Waals surface area contributed by atoms with E-state index in [0.29, 0.717) is 12.6 Å². The number of benzene rings is 2. The van der Waals surface area contributed by atoms with Crippen LogP contribution in [0.25, 0.3) is 0 Å². The Bertz CT molecular complexity index is 644. The summed E-state index contributed by atoms with van der Waals surface area (Å²) in [6.45, 7) is 0.691. The van der Waals surface area contributed by atoms with Gasteiger partial charge in [0.1, 0.15) is 5.82 Å². The quantitative estimate of drug-likeness (QED) is 0.816. The minimum absolute atomic E-state index is 0.180. The highest BCUT2D eigenvalue weighted by Gasteiger charge is 2.23. The molecule has 0 bridgehead atoms. The van der Waals surface area contributed by atoms with E-state index in [4.69, 9.17) is 11.6 Å². The van der Waals surface area contributed by atoms with Crippen LogP contribution in [0.15, 0.2) is 40.9 Å². The molecule has 1 aliphatic rings. The molecule has 104 valence electrons. The first-order valence-electron chi connectivity index (χ1n) is 6.60. The molecule has 20 heavy (non-hydrogen) atoms. The third kappa shape index (κ3) is 2.76. The van der Waals surface area contributed by atoms with E-state index in [2.05, 4.69) is 39.4 Å². The second-order valence-electron chi connectivity index (χ2n) is 5.03. The zero-order chi connectivity index (χ0) is 14.1. The number of rotatable bonds is 3. The average Bonchev–Trinajstić information content (AvgIpc) is 2.85. The van der Waals surface area contributed by atoms with Crippen LogP contribution in [0.4, 0.5) is 4.39 Å². The van der Waals surface area contributed by atoms with Crippen LogP contribution < -0.4 is 5.32 Å². The second-order valence-corrected chi connectivity index (χ2v) is 6.29. The molecule has 0 heterocycles. The van der Waals surface area contributed by atoms with Gasteiger partial charge >= 0.3 is 0 Å². The summed E-state index contributed by atoms with van der Waals surface area (Å²) in [5, 5.41) is 3.71. The van der Waals surface area contributed by atoms with Crippen molar-refractivity contribution in [1.29, 1.82) is 0 Å². The Morgan fingerprint density at radius 3 is 2.95 bits per heavy atom. The molecule has 2 aromatic rings. The predicted octanol–water partition coefficient (Wildman–Crippen LogP) is 5.02. The highest BCUT2D eigenvalue weighted by molar-refractivity contribution is 9.10. The molecule has 0 saturated carbocycles. The molecule has 0 aliphatic heterocycles. The van der Waals surface area contributed by atoms with Crippen molar-refractivity contribution in [2.45, 2.75) is 25.4 Å². The fourth-order valence-corrected chi connectivity index (χ4v) is 3.50. The molecule has 1 N–H and O–H groups in total. The van der Waals surface area contributed by atoms with Crippen LogP contribution in [-0.2, 0) is 13.0 Å². The van der Waals surface area contributed by atoms with Crippen LogP contribution in [0.5, 0.6) is 0 Å². The molecule has 2 aromatic carbocycles. The van der Waals surface area contributed by atoms with Gasteiger partial charge in [-0.15, -0.1) is 0 Å². The summed E-state index contributed by atoms with van der Waals surface area (Å²) in [6, 6.07) is 11.5. The van der Waals surface area contributed by atoms with Crippen LogP contribution >= 0.6 is 27.5 Å². The normalized spacial score (nSPS) is 17.2. The van der Waals surface area contributed by atoms with Gasteiger partial charge in [-0.3, -0.25) is 0 Å². The third-order valence-electron chi connectivity index (χ3n) is 3.75. The number of nitrogens with one attached hydrogen (secondary N) is 1. The largest absolute Gasteiger partial charge is 0.306 e. The Balaban J connectivity index is 1.72. The van der Waals surface area contributed by atoms with Crippen molar-refractivity contribution >= 4 is 27.5 Å². The third-order valence-corrected chi connectivity index (χ3v) is 4.78. The van der Waals surface area contributed by atoms with Crippen LogP contribution in [-0.4, -0.2) is 0 Å². The van der Waals surface area contributed by atoms with Crippen molar-refractivity contribution < 1.29 is 4.39 Å². The van der Waals surface area contributed by atoms with E-state index in [1.54, 1.807) is 12.1 Å². The summed E-state index contributed by atoms with van der Waals surface area (Å²) in [5.41, 5.74) is 3.74. The van der Waals surface area contributed by atoms with Gasteiger partial charge in [-0.1, -0.05) is 45.7 Å². The van der Waals surface area contributed by atoms with E-state index >= 15 is 0 Å². The van der Waals surface area contributed by atoms with Crippen LogP contribution in [0.2, 0.25) is 5.02 Å². The SMILES string of the molecule is Fc1ccc(CNC2CCc3c(Br)cccc32)cc1Cl. The first kappa shape index (κ1) is 14.1. The van der Waals surface area contributed by atoms with Crippen molar-refractivity contribution in [2.24, 2.45) is 0 Å². The lowest BCUT2D eigenvalue weighted by atomic mass is 10.1. The lowest BCUT2D eigenvalue weighted by Gasteiger charge is -2.14. The fourth-order valence-electron chi connectivity index (χ4n) is 2.71. The molecule has 3 rings (SSSR count). The van der Waals surface area contributed by atoms with Crippen LogP contribution in [0.1, 0.15) is 29.2 Å². The molecule has 1 atom stereocenters. The van der Waals surface area contributed by atoms with Crippen LogP contribution in [0, 0.1) is 5.82 Å². The van der Waals surface area contributed by atoms with E-state index in [1.807, 2.05) is 0 Å². The number of halogens is 3. The number of hydrogen-bond donors (Lipinski definition) is 1. The molecule has 1 unspecified atom stereocenters. The van der Waals surface area contributed by atoms with Gasteiger partial charge in [-0.2, -0.15) is 0 Å². The Morgan fingerprint density at radius 2 is 2.15 bits per heavy atom. The molecule has 0 saturated heterocycles. The zero-order valence-electron chi connectivity index (χ0n) is 10.8. The highest BCUT2D eigenvalue weighted by atomic mass is 79.9. The Morgan fingerprint density at radius 1 is 1.30 bits per heavy atom. The molecule has 1 aliphatic carbocycles. The maximum Gasteiger partial charge on any atom is 0.141 e. The standard InChI is InChI=1S/C16H14BrClFN/c17-13-3-1-2-12-11(13)5-7-16(12)20-9-10-4-6-15(19)14(18)8-10/h1-4,6,8,16,20H,5,7,9H2. The Labute approximate surface area is 131 Å². The molecule has 0 spiro atoms. The Hall–Kier alpha value is -0.900. The Kier molecular flexibility index (Phi) is 4.11. The summed E-state index contributed by atoms with van der Waals surface area (Å²) in [4.78, 5) is 0. The van der Waals surface area contributed by atoms with E-state index < -0.39 is 0 Å². The first-order valence-corrected chi connectivity index (χ1v) is 7.77. The zero-order valence-corrected chi connectivity index (χ0v) is 13.1. The van der Waals surface area contributed by atoms with E-state index in [0.717, 1.165) is 18.4 Å². The maximum absolute atomic E-state index is 13.1. The molecule has 4 heteroatoms. The predicted molar refractivity (Wildman–Crippen MR) is 83.5 cm³/mol. The van der Waals surface area contributed by atoms with E-state index in [-0.39, 0.29) is 10.8 Å². The molecule has 1 nitrogen and oxygen atoms in total. The summed E-state index contributed by atoms with van der Waals surface area (Å²) in [5.74, 6) is -0.370. The summed E-state index contributed by atoms with van der Waals surface area (Å²) < 4.78 is 14.3. The summed E-state index contributed by atoms with van der Waals surface area (Å²) in [6.07, 6.45) is 2.17. The number of fused-ring (bicyclic) bond motifs is 1. The van der Waals surface area contributed by atoms with E-state index in [1.165, 1.54) is 21.7 Å². The van der Waals surface area contributed by atoms with Gasteiger partial charge in [0.15, 0.2) is 0 Å². The first-order chi connectivity index (χ1) is 9.65. The van der Waals surface area contributed by atoms with Crippen molar-refractivity contribution in [1.82, 2.24) is 5.32 Å². The topological polar surface area (TPSA) is 12.0 Å². The summed E-state index contributed by atoms with van der Waals surface area (Å²) in [7, 11) is 0. The van der Waals surface area contributed by atoms with Gasteiger partial charge in [0, 0.05) is 17.1 Å². The lowest BCUT2D eigenvalue weighted by Crippen LogP contribution is -2.18. The minimum Gasteiger partial charge on any atom is -0.306 e. The molecule has 0 radical (unpaired) electrons. The van der Waals surface area contributed by atoms with Crippen molar-refractivity contribution in [3.8, 4) is 0 Å². The van der Waals surface area contributed by atoms with Crippen molar-refractivity contribution in [3.63, 3.8) is 0 Å². The van der Waals surface area contributed by atoms with Gasteiger partial charge in [0.2, 0.25) is 0 Å². The summed E-state index contributed by atoms with van der Waals surface area (Å²) >= 11 is 9.40.